The van der Waals surface area contributed by atoms with Crippen LogP contribution in [0.1, 0.15) is 53.9 Å². The molecule has 2 rings (SSSR count). The molecule has 0 aromatic heterocycles. The summed E-state index contributed by atoms with van der Waals surface area (Å²) in [6.45, 7) is 15.4. The minimum Gasteiger partial charge on any atom is -0.375 e. The summed E-state index contributed by atoms with van der Waals surface area (Å²) in [7, 11) is 0. The Labute approximate surface area is 119 Å². The smallest absolute Gasteiger partial charge is 0.0600 e. The molecule has 2 atom stereocenters. The molecule has 0 amide bonds. The average molecular weight is 268 g/mol. The lowest BCUT2D eigenvalue weighted by Crippen LogP contribution is -2.64. The SMILES string of the molecule is CCC1CNC(C)(C2CC2)CN1CCOC(C)(C)C. The van der Waals surface area contributed by atoms with Crippen molar-refractivity contribution in [3.05, 3.63) is 0 Å². The van der Waals surface area contributed by atoms with Gasteiger partial charge in [0.2, 0.25) is 0 Å². The van der Waals surface area contributed by atoms with E-state index in [0.717, 1.165) is 25.6 Å². The Morgan fingerprint density at radius 1 is 1.32 bits per heavy atom. The lowest BCUT2D eigenvalue weighted by molar-refractivity contribution is -0.0284. The summed E-state index contributed by atoms with van der Waals surface area (Å²) in [6, 6.07) is 0.676. The minimum absolute atomic E-state index is 0.0183. The first-order chi connectivity index (χ1) is 8.84. The molecule has 1 aliphatic carbocycles. The van der Waals surface area contributed by atoms with Crippen LogP contribution in [0.3, 0.4) is 0 Å². The van der Waals surface area contributed by atoms with Gasteiger partial charge in [-0.1, -0.05) is 6.92 Å². The molecule has 19 heavy (non-hydrogen) atoms. The molecule has 112 valence electrons. The monoisotopic (exact) mass is 268 g/mol. The molecule has 2 aliphatic rings. The van der Waals surface area contributed by atoms with Crippen LogP contribution in [0.15, 0.2) is 0 Å². The van der Waals surface area contributed by atoms with Crippen LogP contribution >= 0.6 is 0 Å². The Morgan fingerprint density at radius 3 is 2.53 bits per heavy atom. The fourth-order valence-electron chi connectivity index (χ4n) is 3.21. The molecule has 0 aromatic rings. The summed E-state index contributed by atoms with van der Waals surface area (Å²) in [5, 5.41) is 3.81. The van der Waals surface area contributed by atoms with E-state index in [4.69, 9.17) is 4.74 Å². The highest BCUT2D eigenvalue weighted by atomic mass is 16.5. The molecule has 0 spiro atoms. The van der Waals surface area contributed by atoms with Crippen LogP contribution in [0.5, 0.6) is 0 Å². The van der Waals surface area contributed by atoms with Gasteiger partial charge in [0.15, 0.2) is 0 Å². The highest BCUT2D eigenvalue weighted by Gasteiger charge is 2.45. The van der Waals surface area contributed by atoms with Crippen LogP contribution < -0.4 is 5.32 Å². The van der Waals surface area contributed by atoms with Crippen LogP contribution in [0, 0.1) is 5.92 Å². The van der Waals surface area contributed by atoms with E-state index in [0.29, 0.717) is 11.6 Å². The first kappa shape index (κ1) is 15.3. The highest BCUT2D eigenvalue weighted by Crippen LogP contribution is 2.41. The van der Waals surface area contributed by atoms with E-state index < -0.39 is 0 Å². The van der Waals surface area contributed by atoms with Crippen molar-refractivity contribution in [2.45, 2.75) is 71.1 Å². The zero-order valence-corrected chi connectivity index (χ0v) is 13.5. The van der Waals surface area contributed by atoms with Gasteiger partial charge >= 0.3 is 0 Å². The van der Waals surface area contributed by atoms with E-state index in [1.165, 1.54) is 25.8 Å². The Bertz CT molecular complexity index is 296. The maximum Gasteiger partial charge on any atom is 0.0600 e. The number of hydrogen-bond donors (Lipinski definition) is 1. The van der Waals surface area contributed by atoms with E-state index in [2.05, 4.69) is 44.8 Å². The van der Waals surface area contributed by atoms with Crippen molar-refractivity contribution in [3.63, 3.8) is 0 Å². The van der Waals surface area contributed by atoms with Crippen molar-refractivity contribution in [3.8, 4) is 0 Å². The topological polar surface area (TPSA) is 24.5 Å². The molecule has 3 nitrogen and oxygen atoms in total. The zero-order chi connectivity index (χ0) is 14.1. The maximum absolute atomic E-state index is 5.91. The second kappa shape index (κ2) is 5.71. The summed E-state index contributed by atoms with van der Waals surface area (Å²) in [4.78, 5) is 2.65. The number of hydrogen-bond acceptors (Lipinski definition) is 3. The van der Waals surface area contributed by atoms with Crippen LogP contribution in [-0.4, -0.2) is 48.3 Å². The van der Waals surface area contributed by atoms with E-state index in [-0.39, 0.29) is 5.60 Å². The van der Waals surface area contributed by atoms with Gasteiger partial charge in [0.1, 0.15) is 0 Å². The summed E-state index contributed by atoms with van der Waals surface area (Å²) in [6.07, 6.45) is 4.04. The summed E-state index contributed by atoms with van der Waals surface area (Å²) in [5.74, 6) is 0.899. The minimum atomic E-state index is -0.0183. The summed E-state index contributed by atoms with van der Waals surface area (Å²) in [5.41, 5.74) is 0.322. The normalized spacial score (nSPS) is 33.6. The molecule has 1 N–H and O–H groups in total. The van der Waals surface area contributed by atoms with Gasteiger partial charge in [-0.25, -0.2) is 0 Å². The molecule has 1 saturated carbocycles. The fraction of sp³-hybridized carbons (Fsp3) is 1.00. The zero-order valence-electron chi connectivity index (χ0n) is 13.5. The van der Waals surface area contributed by atoms with Crippen molar-refractivity contribution in [1.82, 2.24) is 10.2 Å². The van der Waals surface area contributed by atoms with E-state index in [1.54, 1.807) is 0 Å². The van der Waals surface area contributed by atoms with Crippen molar-refractivity contribution in [2.75, 3.05) is 26.2 Å². The van der Waals surface area contributed by atoms with Gasteiger partial charge in [-0.2, -0.15) is 0 Å². The second-order valence-electron chi connectivity index (χ2n) is 7.57. The van der Waals surface area contributed by atoms with Crippen molar-refractivity contribution < 1.29 is 4.74 Å². The van der Waals surface area contributed by atoms with Crippen LogP contribution in [0.4, 0.5) is 0 Å². The van der Waals surface area contributed by atoms with Gasteiger partial charge in [-0.3, -0.25) is 4.90 Å². The van der Waals surface area contributed by atoms with Gasteiger partial charge in [0, 0.05) is 31.2 Å². The summed E-state index contributed by atoms with van der Waals surface area (Å²) >= 11 is 0. The van der Waals surface area contributed by atoms with Gasteiger partial charge < -0.3 is 10.1 Å². The molecule has 1 heterocycles. The Balaban J connectivity index is 1.87. The number of nitrogens with zero attached hydrogens (tertiary/aromatic N) is 1. The third kappa shape index (κ3) is 4.17. The maximum atomic E-state index is 5.91. The van der Waals surface area contributed by atoms with E-state index >= 15 is 0 Å². The van der Waals surface area contributed by atoms with Crippen molar-refractivity contribution in [1.29, 1.82) is 0 Å². The quantitative estimate of drug-likeness (QED) is 0.829. The molecule has 2 unspecified atom stereocenters. The number of piperazine rings is 1. The van der Waals surface area contributed by atoms with E-state index in [9.17, 15) is 0 Å². The van der Waals surface area contributed by atoms with Crippen molar-refractivity contribution >= 4 is 0 Å². The Hall–Kier alpha value is -0.120. The van der Waals surface area contributed by atoms with Gasteiger partial charge in [0.25, 0.3) is 0 Å². The predicted octanol–water partition coefficient (Wildman–Crippen LogP) is 2.65. The third-order valence-electron chi connectivity index (χ3n) is 4.65. The van der Waals surface area contributed by atoms with Gasteiger partial charge in [0.05, 0.1) is 12.2 Å². The highest BCUT2D eigenvalue weighted by molar-refractivity contribution is 5.03. The standard InChI is InChI=1S/C16H32N2O/c1-6-14-11-17-16(5,13-7-8-13)12-18(14)9-10-19-15(2,3)4/h13-14,17H,6-12H2,1-5H3. The Morgan fingerprint density at radius 2 is 2.00 bits per heavy atom. The van der Waals surface area contributed by atoms with E-state index in [1.807, 2.05) is 0 Å². The average Bonchev–Trinajstić information content (AvgIpc) is 3.11. The Kier molecular flexibility index (Phi) is 4.59. The molecular weight excluding hydrogens is 236 g/mol. The molecule has 2 fully saturated rings. The molecule has 0 aromatic carbocycles. The lowest BCUT2D eigenvalue weighted by Gasteiger charge is -2.46. The second-order valence-corrected chi connectivity index (χ2v) is 7.57. The molecular formula is C16H32N2O. The van der Waals surface area contributed by atoms with Crippen LogP contribution in [0.2, 0.25) is 0 Å². The molecule has 3 heteroatoms. The van der Waals surface area contributed by atoms with Gasteiger partial charge in [-0.15, -0.1) is 0 Å². The first-order valence-corrected chi connectivity index (χ1v) is 7.97. The number of nitrogens with one attached hydrogen (secondary N) is 1. The van der Waals surface area contributed by atoms with Crippen molar-refractivity contribution in [2.24, 2.45) is 5.92 Å². The van der Waals surface area contributed by atoms with Crippen LogP contribution in [0.25, 0.3) is 0 Å². The first-order valence-electron chi connectivity index (χ1n) is 7.97. The summed E-state index contributed by atoms with van der Waals surface area (Å²) < 4.78 is 5.91. The molecule has 1 aliphatic heterocycles. The molecule has 0 radical (unpaired) electrons. The molecule has 1 saturated heterocycles. The van der Waals surface area contributed by atoms with Gasteiger partial charge in [-0.05, 0) is 52.9 Å². The fourth-order valence-corrected chi connectivity index (χ4v) is 3.21. The largest absolute Gasteiger partial charge is 0.375 e. The molecule has 0 bridgehead atoms. The third-order valence-corrected chi connectivity index (χ3v) is 4.65. The number of rotatable bonds is 5. The predicted molar refractivity (Wildman–Crippen MR) is 80.5 cm³/mol. The van der Waals surface area contributed by atoms with Crippen LogP contribution in [-0.2, 0) is 4.74 Å². The lowest BCUT2D eigenvalue weighted by atomic mass is 9.90. The number of ether oxygens (including phenoxy) is 1.